The third-order valence-corrected chi connectivity index (χ3v) is 1.95. The monoisotopic (exact) mass is 229 g/mol. The molecule has 1 rings (SSSR count). The molecule has 0 aliphatic rings. The minimum Gasteiger partial charge on any atom is -0.292 e. The topological polar surface area (TPSA) is 30.0 Å². The summed E-state index contributed by atoms with van der Waals surface area (Å²) < 4.78 is 36.6. The number of nitrogens with zero attached hydrogens (tertiary/aromatic N) is 1. The van der Waals surface area contributed by atoms with Crippen molar-refractivity contribution in [3.05, 3.63) is 42.2 Å². The third-order valence-electron chi connectivity index (χ3n) is 1.95. The number of allylic oxidation sites excluding steroid dienone is 1. The highest BCUT2D eigenvalue weighted by molar-refractivity contribution is 5.94. The van der Waals surface area contributed by atoms with Crippen LogP contribution in [0.5, 0.6) is 0 Å². The maximum absolute atomic E-state index is 12.2. The van der Waals surface area contributed by atoms with E-state index >= 15 is 0 Å². The number of carbonyl (C=O) groups excluding carboxylic acids is 1. The maximum atomic E-state index is 12.2. The van der Waals surface area contributed by atoms with Gasteiger partial charge in [0.1, 0.15) is 5.69 Å². The van der Waals surface area contributed by atoms with Crippen molar-refractivity contribution in [1.29, 1.82) is 0 Å². The van der Waals surface area contributed by atoms with E-state index < -0.39 is 11.7 Å². The molecule has 0 spiro atoms. The molecule has 1 heterocycles. The highest BCUT2D eigenvalue weighted by atomic mass is 19.4. The van der Waals surface area contributed by atoms with Gasteiger partial charge in [-0.1, -0.05) is 6.08 Å². The molecule has 86 valence electrons. The number of carbonyl (C=O) groups is 1. The minimum atomic E-state index is -4.42. The molecule has 0 atom stereocenters. The van der Waals surface area contributed by atoms with Crippen LogP contribution in [0.15, 0.2) is 31.0 Å². The predicted molar refractivity (Wildman–Crippen MR) is 53.0 cm³/mol. The molecule has 0 saturated heterocycles. The Balaban J connectivity index is 2.79. The van der Waals surface area contributed by atoms with E-state index in [4.69, 9.17) is 0 Å². The SMILES string of the molecule is C=CCCC(=O)c1ccc(C(F)(F)F)cn1. The van der Waals surface area contributed by atoms with Gasteiger partial charge in [-0.3, -0.25) is 9.78 Å². The Bertz CT molecular complexity index is 381. The summed E-state index contributed by atoms with van der Waals surface area (Å²) in [6, 6.07) is 1.95. The van der Waals surface area contributed by atoms with E-state index in [1.807, 2.05) is 0 Å². The summed E-state index contributed by atoms with van der Waals surface area (Å²) in [7, 11) is 0. The largest absolute Gasteiger partial charge is 0.417 e. The van der Waals surface area contributed by atoms with Crippen LogP contribution in [0.25, 0.3) is 0 Å². The van der Waals surface area contributed by atoms with E-state index in [2.05, 4.69) is 11.6 Å². The van der Waals surface area contributed by atoms with Gasteiger partial charge < -0.3 is 0 Å². The number of alkyl halides is 3. The molecule has 0 N–H and O–H groups in total. The number of pyridine rings is 1. The first-order chi connectivity index (χ1) is 7.45. The van der Waals surface area contributed by atoms with Crippen molar-refractivity contribution in [2.75, 3.05) is 0 Å². The number of hydrogen-bond acceptors (Lipinski definition) is 2. The molecule has 5 heteroatoms. The molecule has 1 aromatic heterocycles. The molecule has 0 aromatic carbocycles. The van der Waals surface area contributed by atoms with Crippen molar-refractivity contribution in [1.82, 2.24) is 4.98 Å². The lowest BCUT2D eigenvalue weighted by molar-refractivity contribution is -0.137. The fourth-order valence-electron chi connectivity index (χ4n) is 1.09. The fourth-order valence-corrected chi connectivity index (χ4v) is 1.09. The van der Waals surface area contributed by atoms with Crippen molar-refractivity contribution < 1.29 is 18.0 Å². The lowest BCUT2D eigenvalue weighted by Crippen LogP contribution is -2.08. The summed E-state index contributed by atoms with van der Waals surface area (Å²) in [6.07, 6.45) is -1.48. The van der Waals surface area contributed by atoms with Crippen LogP contribution in [0.3, 0.4) is 0 Å². The Morgan fingerprint density at radius 2 is 2.12 bits per heavy atom. The van der Waals surface area contributed by atoms with E-state index in [1.165, 1.54) is 0 Å². The highest BCUT2D eigenvalue weighted by Crippen LogP contribution is 2.28. The van der Waals surface area contributed by atoms with E-state index in [0.29, 0.717) is 12.6 Å². The smallest absolute Gasteiger partial charge is 0.292 e. The molecule has 0 radical (unpaired) electrons. The van der Waals surface area contributed by atoms with Crippen LogP contribution in [0, 0.1) is 0 Å². The van der Waals surface area contributed by atoms with Gasteiger partial charge in [-0.15, -0.1) is 6.58 Å². The van der Waals surface area contributed by atoms with Crippen LogP contribution in [-0.4, -0.2) is 10.8 Å². The number of rotatable bonds is 4. The third kappa shape index (κ3) is 3.18. The number of aromatic nitrogens is 1. The molecular weight excluding hydrogens is 219 g/mol. The van der Waals surface area contributed by atoms with Crippen molar-refractivity contribution in [3.63, 3.8) is 0 Å². The van der Waals surface area contributed by atoms with Crippen LogP contribution in [0.2, 0.25) is 0 Å². The van der Waals surface area contributed by atoms with E-state index in [0.717, 1.165) is 12.1 Å². The zero-order chi connectivity index (χ0) is 12.2. The highest BCUT2D eigenvalue weighted by Gasteiger charge is 2.30. The molecule has 0 saturated carbocycles. The molecule has 0 bridgehead atoms. The molecule has 0 fully saturated rings. The molecule has 1 aromatic rings. The van der Waals surface area contributed by atoms with Crippen molar-refractivity contribution in [3.8, 4) is 0 Å². The summed E-state index contributed by atoms with van der Waals surface area (Å²) in [4.78, 5) is 14.9. The Kier molecular flexibility index (Phi) is 3.82. The molecule has 0 unspecified atom stereocenters. The minimum absolute atomic E-state index is 0.0508. The van der Waals surface area contributed by atoms with Gasteiger partial charge in [-0.2, -0.15) is 13.2 Å². The second kappa shape index (κ2) is 4.92. The second-order valence-electron chi connectivity index (χ2n) is 3.18. The summed E-state index contributed by atoms with van der Waals surface area (Å²) >= 11 is 0. The van der Waals surface area contributed by atoms with E-state index in [-0.39, 0.29) is 17.9 Å². The Morgan fingerprint density at radius 3 is 2.56 bits per heavy atom. The van der Waals surface area contributed by atoms with Gasteiger partial charge in [0.25, 0.3) is 0 Å². The van der Waals surface area contributed by atoms with E-state index in [9.17, 15) is 18.0 Å². The molecular formula is C11H10F3NO. The van der Waals surface area contributed by atoms with Crippen LogP contribution < -0.4 is 0 Å². The van der Waals surface area contributed by atoms with Gasteiger partial charge in [0, 0.05) is 12.6 Å². The Hall–Kier alpha value is -1.65. The predicted octanol–water partition coefficient (Wildman–Crippen LogP) is 3.25. The van der Waals surface area contributed by atoms with Gasteiger partial charge in [-0.25, -0.2) is 0 Å². The summed E-state index contributed by atoms with van der Waals surface area (Å²) in [5.41, 5.74) is -0.803. The van der Waals surface area contributed by atoms with Gasteiger partial charge in [0.05, 0.1) is 5.56 Å². The number of hydrogen-bond donors (Lipinski definition) is 0. The molecule has 0 amide bonds. The quantitative estimate of drug-likeness (QED) is 0.586. The van der Waals surface area contributed by atoms with Crippen LogP contribution in [0.1, 0.15) is 28.9 Å². The lowest BCUT2D eigenvalue weighted by Gasteiger charge is -2.06. The van der Waals surface area contributed by atoms with Gasteiger partial charge in [-0.05, 0) is 18.6 Å². The normalized spacial score (nSPS) is 11.2. The summed E-state index contributed by atoms with van der Waals surface area (Å²) in [5.74, 6) is -0.284. The van der Waals surface area contributed by atoms with Gasteiger partial charge in [0.15, 0.2) is 5.78 Å². The first-order valence-corrected chi connectivity index (χ1v) is 4.62. The van der Waals surface area contributed by atoms with Crippen LogP contribution in [-0.2, 0) is 6.18 Å². The molecule has 0 aliphatic heterocycles. The average Bonchev–Trinajstić information content (AvgIpc) is 2.25. The van der Waals surface area contributed by atoms with Gasteiger partial charge >= 0.3 is 6.18 Å². The fraction of sp³-hybridized carbons (Fsp3) is 0.273. The van der Waals surface area contributed by atoms with Crippen molar-refractivity contribution >= 4 is 5.78 Å². The number of ketones is 1. The zero-order valence-electron chi connectivity index (χ0n) is 8.42. The maximum Gasteiger partial charge on any atom is 0.417 e. The Labute approximate surface area is 90.8 Å². The first-order valence-electron chi connectivity index (χ1n) is 4.62. The summed E-state index contributed by atoms with van der Waals surface area (Å²) in [6.45, 7) is 3.45. The average molecular weight is 229 g/mol. The Morgan fingerprint density at radius 1 is 1.44 bits per heavy atom. The second-order valence-corrected chi connectivity index (χ2v) is 3.18. The van der Waals surface area contributed by atoms with Crippen molar-refractivity contribution in [2.45, 2.75) is 19.0 Å². The summed E-state index contributed by atoms with van der Waals surface area (Å²) in [5, 5.41) is 0. The van der Waals surface area contributed by atoms with Crippen LogP contribution in [0.4, 0.5) is 13.2 Å². The lowest BCUT2D eigenvalue weighted by atomic mass is 10.1. The molecule has 16 heavy (non-hydrogen) atoms. The first kappa shape index (κ1) is 12.4. The zero-order valence-corrected chi connectivity index (χ0v) is 8.42. The van der Waals surface area contributed by atoms with Crippen molar-refractivity contribution in [2.24, 2.45) is 0 Å². The number of Topliss-reactive ketones (excluding diaryl/α,β-unsaturated/α-hetero) is 1. The van der Waals surface area contributed by atoms with E-state index in [1.54, 1.807) is 6.08 Å². The van der Waals surface area contributed by atoms with Gasteiger partial charge in [0.2, 0.25) is 0 Å². The number of halogens is 3. The molecule has 2 nitrogen and oxygen atoms in total. The van der Waals surface area contributed by atoms with Crippen LogP contribution >= 0.6 is 0 Å². The molecule has 0 aliphatic carbocycles. The standard InChI is InChI=1S/C11H10F3NO/c1-2-3-4-10(16)9-6-5-8(7-15-9)11(12,13)14/h2,5-7H,1,3-4H2.